The summed E-state index contributed by atoms with van der Waals surface area (Å²) in [4.78, 5) is 11.8. The van der Waals surface area contributed by atoms with Gasteiger partial charge in [0, 0.05) is 37.6 Å². The first-order valence-corrected chi connectivity index (χ1v) is 12.4. The minimum Gasteiger partial charge on any atom is -0.476 e. The molecule has 1 N–H and O–H groups in total. The van der Waals surface area contributed by atoms with E-state index in [0.29, 0.717) is 31.1 Å². The van der Waals surface area contributed by atoms with Crippen molar-refractivity contribution < 1.29 is 27.1 Å². The Kier molecular flexibility index (Phi) is 6.47. The Balaban J connectivity index is 1.24. The molecular weight excluding hydrogens is 451 g/mol. The molecule has 2 aliphatic rings. The van der Waals surface area contributed by atoms with Gasteiger partial charge in [0.05, 0.1) is 12.8 Å². The molecule has 180 valence electrons. The first-order chi connectivity index (χ1) is 15.6. The minimum absolute atomic E-state index is 0.00984. The fraction of sp³-hybridized carbons (Fsp3) is 0.545. The van der Waals surface area contributed by atoms with Gasteiger partial charge in [-0.1, -0.05) is 12.1 Å². The maximum absolute atomic E-state index is 13.9. The van der Waals surface area contributed by atoms with Crippen molar-refractivity contribution in [1.29, 1.82) is 0 Å². The summed E-state index contributed by atoms with van der Waals surface area (Å²) in [7, 11) is -2.10. The number of aryl methyl sites for hydroxylation is 1. The van der Waals surface area contributed by atoms with Crippen LogP contribution in [0.2, 0.25) is 0 Å². The smallest absolute Gasteiger partial charge is 0.345 e. The number of ether oxygens (including phenoxy) is 2. The van der Waals surface area contributed by atoms with E-state index in [-0.39, 0.29) is 29.0 Å². The molecule has 0 unspecified atom stereocenters. The van der Waals surface area contributed by atoms with Gasteiger partial charge in [0.15, 0.2) is 0 Å². The van der Waals surface area contributed by atoms with Crippen LogP contribution in [0.15, 0.2) is 35.4 Å². The molecule has 0 radical (unpaired) electrons. The van der Waals surface area contributed by atoms with Crippen LogP contribution < -0.4 is 10.1 Å². The standard InChI is InChI=1S/C22H29FN4O5S/c1-4-31-21(28)17-11-24-26(3)20(17)32-12-15(2)25-16-9-22(10-16)13-27(14-22)33(29,30)19-8-6-5-7-18(19)23/h5-8,11,15-16,25H,4,9-10,12-14H2,1-3H3/t15-/m1/s1. The van der Waals surface area contributed by atoms with E-state index in [4.69, 9.17) is 9.47 Å². The lowest BCUT2D eigenvalue weighted by Gasteiger charge is -2.58. The molecule has 1 aliphatic carbocycles. The molecule has 1 aromatic heterocycles. The molecule has 0 amide bonds. The first-order valence-electron chi connectivity index (χ1n) is 11.0. The molecule has 4 rings (SSSR count). The Morgan fingerprint density at radius 2 is 2.03 bits per heavy atom. The third kappa shape index (κ3) is 4.62. The predicted octanol–water partition coefficient (Wildman–Crippen LogP) is 1.95. The monoisotopic (exact) mass is 480 g/mol. The van der Waals surface area contributed by atoms with Crippen LogP contribution >= 0.6 is 0 Å². The van der Waals surface area contributed by atoms with Crippen LogP contribution in [0.5, 0.6) is 5.88 Å². The molecule has 1 spiro atoms. The molecule has 9 nitrogen and oxygen atoms in total. The topological polar surface area (TPSA) is 103 Å². The lowest BCUT2D eigenvalue weighted by molar-refractivity contribution is -0.0375. The van der Waals surface area contributed by atoms with Crippen LogP contribution in [0.3, 0.4) is 0 Å². The van der Waals surface area contributed by atoms with E-state index in [2.05, 4.69) is 10.4 Å². The highest BCUT2D eigenvalue weighted by atomic mass is 32.2. The Hall–Kier alpha value is -2.50. The number of nitrogens with one attached hydrogen (secondary N) is 1. The zero-order chi connectivity index (χ0) is 23.8. The molecule has 1 atom stereocenters. The number of hydrogen-bond acceptors (Lipinski definition) is 7. The van der Waals surface area contributed by atoms with Gasteiger partial charge in [0.1, 0.15) is 22.9 Å². The van der Waals surface area contributed by atoms with Gasteiger partial charge >= 0.3 is 5.97 Å². The number of carbonyl (C=O) groups excluding carboxylic acids is 1. The number of aromatic nitrogens is 2. The highest BCUT2D eigenvalue weighted by Crippen LogP contribution is 2.50. The van der Waals surface area contributed by atoms with Crippen molar-refractivity contribution >= 4 is 16.0 Å². The predicted molar refractivity (Wildman–Crippen MR) is 118 cm³/mol. The first kappa shape index (κ1) is 23.7. The van der Waals surface area contributed by atoms with Crippen LogP contribution in [0.25, 0.3) is 0 Å². The number of halogens is 1. The van der Waals surface area contributed by atoms with Gasteiger partial charge in [-0.2, -0.15) is 9.40 Å². The third-order valence-corrected chi connectivity index (χ3v) is 8.03. The number of benzene rings is 1. The summed E-state index contributed by atoms with van der Waals surface area (Å²) in [5, 5.41) is 7.56. The average Bonchev–Trinajstić information content (AvgIpc) is 3.08. The normalized spacial score (nSPS) is 19.0. The van der Waals surface area contributed by atoms with Crippen molar-refractivity contribution in [3.63, 3.8) is 0 Å². The van der Waals surface area contributed by atoms with Crippen molar-refractivity contribution in [1.82, 2.24) is 19.4 Å². The molecule has 1 aliphatic heterocycles. The molecule has 11 heteroatoms. The fourth-order valence-corrected chi connectivity index (χ4v) is 6.36. The summed E-state index contributed by atoms with van der Waals surface area (Å²) in [6, 6.07) is 5.73. The molecular formula is C22H29FN4O5S. The van der Waals surface area contributed by atoms with Crippen LogP contribution in [-0.2, 0) is 21.8 Å². The van der Waals surface area contributed by atoms with E-state index in [1.54, 1.807) is 14.0 Å². The van der Waals surface area contributed by atoms with Crippen molar-refractivity contribution in [3.8, 4) is 5.88 Å². The van der Waals surface area contributed by atoms with E-state index in [9.17, 15) is 17.6 Å². The van der Waals surface area contributed by atoms with Gasteiger partial charge in [0.25, 0.3) is 0 Å². The van der Waals surface area contributed by atoms with Crippen LogP contribution in [0.1, 0.15) is 37.0 Å². The molecule has 33 heavy (non-hydrogen) atoms. The van der Waals surface area contributed by atoms with Crippen molar-refractivity contribution in [2.45, 2.75) is 43.7 Å². The average molecular weight is 481 g/mol. The summed E-state index contributed by atoms with van der Waals surface area (Å²) in [6.45, 7) is 5.15. The number of hydrogen-bond donors (Lipinski definition) is 1. The van der Waals surface area contributed by atoms with Gasteiger partial charge in [-0.15, -0.1) is 0 Å². The number of sulfonamides is 1. The SMILES string of the molecule is CCOC(=O)c1cnn(C)c1OC[C@@H](C)NC1CC2(C1)CN(S(=O)(=O)c1ccccc1F)C2. The van der Waals surface area contributed by atoms with Crippen LogP contribution in [0, 0.1) is 11.2 Å². The molecule has 1 saturated heterocycles. The number of nitrogens with zero attached hydrogens (tertiary/aromatic N) is 3. The minimum atomic E-state index is -3.80. The third-order valence-electron chi connectivity index (χ3n) is 6.21. The van der Waals surface area contributed by atoms with Crippen molar-refractivity contribution in [2.75, 3.05) is 26.3 Å². The van der Waals surface area contributed by atoms with E-state index < -0.39 is 21.8 Å². The van der Waals surface area contributed by atoms with Gasteiger partial charge in [-0.25, -0.2) is 22.3 Å². The number of carbonyl (C=O) groups is 1. The van der Waals surface area contributed by atoms with E-state index in [1.165, 1.54) is 33.4 Å². The summed E-state index contributed by atoms with van der Waals surface area (Å²) < 4.78 is 53.0. The van der Waals surface area contributed by atoms with Crippen molar-refractivity contribution in [2.24, 2.45) is 12.5 Å². The Morgan fingerprint density at radius 3 is 2.70 bits per heavy atom. The Labute approximate surface area is 192 Å². The molecule has 2 heterocycles. The van der Waals surface area contributed by atoms with Crippen LogP contribution in [-0.4, -0.2) is 66.9 Å². The van der Waals surface area contributed by atoms with Crippen LogP contribution in [0.4, 0.5) is 4.39 Å². The summed E-state index contributed by atoms with van der Waals surface area (Å²) in [5.74, 6) is -0.831. The molecule has 2 aromatic rings. The molecule has 1 aromatic carbocycles. The van der Waals surface area contributed by atoms with E-state index in [0.717, 1.165) is 18.9 Å². The van der Waals surface area contributed by atoms with Crippen molar-refractivity contribution in [3.05, 3.63) is 41.8 Å². The number of rotatable bonds is 9. The zero-order valence-corrected chi connectivity index (χ0v) is 19.8. The fourth-order valence-electron chi connectivity index (χ4n) is 4.63. The summed E-state index contributed by atoms with van der Waals surface area (Å²) in [5.41, 5.74) is 0.246. The Morgan fingerprint density at radius 1 is 1.33 bits per heavy atom. The highest BCUT2D eigenvalue weighted by molar-refractivity contribution is 7.89. The Bertz CT molecular complexity index is 1120. The molecule has 0 bridgehead atoms. The summed E-state index contributed by atoms with van der Waals surface area (Å²) in [6.07, 6.45) is 3.12. The lowest BCUT2D eigenvalue weighted by Crippen LogP contribution is -2.67. The second-order valence-corrected chi connectivity index (χ2v) is 10.8. The van der Waals surface area contributed by atoms with Gasteiger partial charge in [-0.05, 0) is 38.8 Å². The number of esters is 1. The molecule has 2 fully saturated rings. The quantitative estimate of drug-likeness (QED) is 0.547. The highest BCUT2D eigenvalue weighted by Gasteiger charge is 2.55. The lowest BCUT2D eigenvalue weighted by atomic mass is 9.61. The van der Waals surface area contributed by atoms with E-state index >= 15 is 0 Å². The van der Waals surface area contributed by atoms with Gasteiger partial charge in [-0.3, -0.25) is 0 Å². The van der Waals surface area contributed by atoms with E-state index in [1.807, 2.05) is 6.92 Å². The second kappa shape index (κ2) is 9.03. The molecule has 1 saturated carbocycles. The summed E-state index contributed by atoms with van der Waals surface area (Å²) >= 11 is 0. The zero-order valence-electron chi connectivity index (χ0n) is 19.0. The largest absolute Gasteiger partial charge is 0.476 e. The maximum Gasteiger partial charge on any atom is 0.345 e. The second-order valence-electron chi connectivity index (χ2n) is 8.89. The van der Waals surface area contributed by atoms with Gasteiger partial charge < -0.3 is 14.8 Å². The van der Waals surface area contributed by atoms with Gasteiger partial charge in [0.2, 0.25) is 15.9 Å². The maximum atomic E-state index is 13.9.